The number of esters is 1. The summed E-state index contributed by atoms with van der Waals surface area (Å²) in [5, 5.41) is 174. The maximum absolute atomic E-state index is 14.3. The van der Waals surface area contributed by atoms with E-state index < -0.39 is 216 Å². The first-order chi connectivity index (χ1) is 41.8. The Morgan fingerprint density at radius 3 is 1.75 bits per heavy atom. The summed E-state index contributed by atoms with van der Waals surface area (Å²) in [6, 6.07) is 0. The van der Waals surface area contributed by atoms with Gasteiger partial charge in [-0.3, -0.25) is 10.1 Å². The molecule has 6 heterocycles. The van der Waals surface area contributed by atoms with E-state index in [1.807, 2.05) is 0 Å². The Morgan fingerprint density at radius 2 is 1.10 bits per heavy atom. The van der Waals surface area contributed by atoms with Crippen LogP contribution in [0.3, 0.4) is 0 Å². The number of methoxy groups -OCH3 is 1. The van der Waals surface area contributed by atoms with E-state index >= 15 is 0 Å². The number of aliphatic hydroxyl groups excluding tert-OH is 16. The van der Waals surface area contributed by atoms with Gasteiger partial charge in [-0.1, -0.05) is 13.8 Å². The smallest absolute Gasteiger partial charge is 0.354 e. The Balaban J connectivity index is 0.780. The number of ketones is 1. The second-order valence-corrected chi connectivity index (χ2v) is 26.7. The predicted molar refractivity (Wildman–Crippen MR) is 287 cm³/mol. The highest BCUT2D eigenvalue weighted by Crippen LogP contribution is 2.68. The highest BCUT2D eigenvalue weighted by Gasteiger charge is 2.66. The molecule has 0 radical (unpaired) electrons. The van der Waals surface area contributed by atoms with Crippen molar-refractivity contribution in [1.29, 1.82) is 0 Å². The molecule has 31 heteroatoms. The Morgan fingerprint density at radius 1 is 0.545 bits per heavy atom. The molecule has 4 saturated carbocycles. The molecule has 0 aromatic heterocycles. The highest BCUT2D eigenvalue weighted by atomic mass is 16.8. The minimum Gasteiger partial charge on any atom is -0.458 e. The molecule has 10 aliphatic rings. The van der Waals surface area contributed by atoms with E-state index in [0.29, 0.717) is 32.1 Å². The van der Waals surface area contributed by atoms with Crippen molar-refractivity contribution in [1.82, 2.24) is 5.32 Å². The standard InChI is InChI=1S/C57H93NO30/c1-21(63)34-29(85-54(76)57(77-4)13-22(14-58-57)19-78-49-43(73)39(69)36(66)30(15-59)81-49)12-27-25-6-5-23-11-24(7-9-55(23,2)26(25)8-10-56(27,34)3)80-51-45(75)41(71)46(33(18-62)84-51)86-53-48(88-52-44(74)40(70)37(67)31(16-60)82-52)47(38(68)32(17-61)83-53)87-50-42(72)35(65)28(64)20-79-50/h22-53,58-62,64-75H,5-20H2,1-4H3/t22-,23-,24-,25+,26-,27-,28+,29-,30+,31+,32+,33+,34-,35-,36+,37+,38+,39-,40-,41+,42+,43+,44+,45+,46-,47-,48+,49+,50-,51+,52-,53-,55-,56+,57+/m0/s1. The third-order valence-electron chi connectivity index (χ3n) is 21.7. The van der Waals surface area contributed by atoms with Gasteiger partial charge < -0.3 is 139 Å². The van der Waals surface area contributed by atoms with Crippen LogP contribution in [0.15, 0.2) is 0 Å². The Bertz CT molecular complexity index is 2330. The van der Waals surface area contributed by atoms with E-state index in [2.05, 4.69) is 19.2 Å². The van der Waals surface area contributed by atoms with Gasteiger partial charge in [0.15, 0.2) is 31.5 Å². The molecule has 6 saturated heterocycles. The van der Waals surface area contributed by atoms with E-state index in [1.54, 1.807) is 6.92 Å². The van der Waals surface area contributed by atoms with E-state index in [1.165, 1.54) is 7.11 Å². The summed E-state index contributed by atoms with van der Waals surface area (Å²) >= 11 is 0. The van der Waals surface area contributed by atoms with Crippen LogP contribution in [0.5, 0.6) is 0 Å². The van der Waals surface area contributed by atoms with Gasteiger partial charge in [-0.05, 0) is 98.7 Å². The quantitative estimate of drug-likeness (QED) is 0.0422. The second kappa shape index (κ2) is 27.8. The Kier molecular flexibility index (Phi) is 21.7. The van der Waals surface area contributed by atoms with Gasteiger partial charge in [-0.15, -0.1) is 0 Å². The molecular weight excluding hydrogens is 1180 g/mol. The molecule has 506 valence electrons. The lowest BCUT2D eigenvalue weighted by Gasteiger charge is -2.61. The zero-order valence-corrected chi connectivity index (χ0v) is 49.7. The number of aliphatic hydroxyl groups is 16. The van der Waals surface area contributed by atoms with Crippen LogP contribution in [0.25, 0.3) is 0 Å². The summed E-state index contributed by atoms with van der Waals surface area (Å²) in [4.78, 5) is 28.1. The fraction of sp³-hybridized carbons (Fsp3) is 0.965. The lowest BCUT2D eigenvalue weighted by atomic mass is 9.44. The normalized spacial score (nSPS) is 53.2. The number of ether oxygens (including phenoxy) is 12. The summed E-state index contributed by atoms with van der Waals surface area (Å²) in [6.07, 6.45) is -37.1. The summed E-state index contributed by atoms with van der Waals surface area (Å²) < 4.78 is 71.3. The summed E-state index contributed by atoms with van der Waals surface area (Å²) in [6.45, 7) is 2.36. The van der Waals surface area contributed by atoms with Gasteiger partial charge in [0.1, 0.15) is 128 Å². The van der Waals surface area contributed by atoms with Gasteiger partial charge in [0.25, 0.3) is 0 Å². The average Bonchev–Trinajstić information content (AvgIpc) is 1.45. The SMILES string of the molecule is CO[C@@]1(C(=O)O[C@H]2C[C@H]3[C@@H]4CC[C@H]5C[C@@H](O[C@@H]6O[C@H](CO)[C@H](O[C@@H]7O[C@H](CO)[C@@H](O)[C@H](O[C@@H]8OC[C@@H](O)[C@H](O)[C@H]8O)[C@H]7O[C@@H]7O[C@H](CO)[C@@H](O)[C@H](O)[C@H]7O)[C@H](O)[C@H]6O)CC[C@]5(C)[C@H]4CC[C@@]3(C)[C@H]2C(C)=O)C[C@H](CO[C@@H]2O[C@H](CO)[C@@H](O)[C@H](O)[C@H]2O)CN1. The highest BCUT2D eigenvalue weighted by molar-refractivity contribution is 5.83. The van der Waals surface area contributed by atoms with Crippen LogP contribution in [-0.2, 0) is 66.4 Å². The summed E-state index contributed by atoms with van der Waals surface area (Å²) in [5.74, 6) is -1.09. The number of Topliss-reactive ketones (excluding diaryl/α,β-unsaturated/α-hetero) is 1. The van der Waals surface area contributed by atoms with Crippen LogP contribution in [0.2, 0.25) is 0 Å². The maximum atomic E-state index is 14.3. The zero-order chi connectivity index (χ0) is 63.6. The van der Waals surface area contributed by atoms with Crippen molar-refractivity contribution in [3.63, 3.8) is 0 Å². The number of rotatable bonds is 19. The number of carbonyl (C=O) groups excluding carboxylic acids is 2. The van der Waals surface area contributed by atoms with E-state index in [4.69, 9.17) is 56.8 Å². The van der Waals surface area contributed by atoms with Crippen molar-refractivity contribution >= 4 is 11.8 Å². The van der Waals surface area contributed by atoms with Crippen LogP contribution in [0.4, 0.5) is 0 Å². The number of hydrogen-bond donors (Lipinski definition) is 17. The fourth-order valence-corrected chi connectivity index (χ4v) is 16.7. The number of nitrogens with one attached hydrogen (secondary N) is 1. The van der Waals surface area contributed by atoms with E-state index in [9.17, 15) is 91.3 Å². The molecule has 0 amide bonds. The molecule has 6 aliphatic heterocycles. The van der Waals surface area contributed by atoms with Crippen LogP contribution in [0.1, 0.15) is 78.6 Å². The van der Waals surface area contributed by atoms with E-state index in [-0.39, 0.29) is 60.4 Å². The fourth-order valence-electron chi connectivity index (χ4n) is 16.7. The van der Waals surface area contributed by atoms with Gasteiger partial charge in [-0.25, -0.2) is 4.79 Å². The third-order valence-corrected chi connectivity index (χ3v) is 21.7. The van der Waals surface area contributed by atoms with Crippen molar-refractivity contribution in [3.8, 4) is 0 Å². The monoisotopic (exact) mass is 1270 g/mol. The van der Waals surface area contributed by atoms with Crippen LogP contribution < -0.4 is 5.32 Å². The van der Waals surface area contributed by atoms with Gasteiger partial charge in [0.05, 0.1) is 51.7 Å². The molecular formula is C57H93NO30. The van der Waals surface area contributed by atoms with E-state index in [0.717, 1.165) is 19.3 Å². The van der Waals surface area contributed by atoms with Crippen molar-refractivity contribution in [2.75, 3.05) is 53.3 Å². The molecule has 88 heavy (non-hydrogen) atoms. The lowest BCUT2D eigenvalue weighted by molar-refractivity contribution is -0.404. The lowest BCUT2D eigenvalue weighted by Crippen LogP contribution is -2.68. The van der Waals surface area contributed by atoms with Crippen molar-refractivity contribution in [3.05, 3.63) is 0 Å². The molecule has 0 aromatic rings. The minimum absolute atomic E-state index is 0.0340. The first kappa shape index (κ1) is 68.9. The molecule has 4 aliphatic carbocycles. The summed E-state index contributed by atoms with van der Waals surface area (Å²) in [7, 11) is 1.38. The first-order valence-electron chi connectivity index (χ1n) is 30.9. The number of fused-ring (bicyclic) bond motifs is 5. The number of hydrogen-bond acceptors (Lipinski definition) is 31. The topological polar surface area (TPSA) is 481 Å². The minimum atomic E-state index is -2.05. The Labute approximate surface area is 507 Å². The van der Waals surface area contributed by atoms with Crippen molar-refractivity contribution in [2.24, 2.45) is 46.3 Å². The van der Waals surface area contributed by atoms with Gasteiger partial charge >= 0.3 is 5.97 Å². The molecule has 10 fully saturated rings. The van der Waals surface area contributed by atoms with Crippen LogP contribution >= 0.6 is 0 Å². The van der Waals surface area contributed by atoms with Gasteiger partial charge in [0, 0.05) is 20.1 Å². The molecule has 0 aromatic carbocycles. The zero-order valence-electron chi connectivity index (χ0n) is 49.7. The molecule has 17 N–H and O–H groups in total. The van der Waals surface area contributed by atoms with Gasteiger partial charge in [-0.2, -0.15) is 0 Å². The molecule has 0 unspecified atom stereocenters. The molecule has 35 atom stereocenters. The van der Waals surface area contributed by atoms with Crippen molar-refractivity contribution < 1.29 is 148 Å². The van der Waals surface area contributed by atoms with Crippen LogP contribution in [0, 0.1) is 46.3 Å². The molecule has 0 spiro atoms. The predicted octanol–water partition coefficient (Wildman–Crippen LogP) is -7.18. The summed E-state index contributed by atoms with van der Waals surface area (Å²) in [5.41, 5.74) is -2.24. The molecule has 0 bridgehead atoms. The van der Waals surface area contributed by atoms with Crippen LogP contribution in [-0.4, -0.2) is 312 Å². The van der Waals surface area contributed by atoms with Crippen molar-refractivity contribution in [2.45, 2.75) is 244 Å². The molecule has 10 rings (SSSR count). The maximum Gasteiger partial charge on any atom is 0.354 e. The first-order valence-corrected chi connectivity index (χ1v) is 30.9. The Hall–Kier alpha value is -1.98. The third kappa shape index (κ3) is 12.8. The average molecular weight is 1270 g/mol. The second-order valence-electron chi connectivity index (χ2n) is 26.7. The van der Waals surface area contributed by atoms with Gasteiger partial charge in [0.2, 0.25) is 5.72 Å². The molecule has 31 nitrogen and oxygen atoms in total. The largest absolute Gasteiger partial charge is 0.458 e. The number of carbonyl (C=O) groups is 2.